The standard InChI is InChI=1S/C14H12O4/c15-12(7-4-2-1-3-5-7)10-9-8-6-17-14(18-8)13(16)11(9)10/h1-5,8-11,14H,6H2/t8-,9+,10?,11+,14-/m1/s1. The molecule has 1 saturated carbocycles. The molecule has 1 aliphatic carbocycles. The first-order valence-electron chi connectivity index (χ1n) is 6.17. The number of hydrogen-bond donors (Lipinski definition) is 0. The SMILES string of the molecule is O=C(c1ccccc1)C1[C@H]2[C@@H]1C(=O)[C@@H]1OC[C@H]2O1. The first-order chi connectivity index (χ1) is 8.77. The fourth-order valence-corrected chi connectivity index (χ4v) is 3.22. The monoisotopic (exact) mass is 244 g/mol. The molecule has 4 heteroatoms. The van der Waals surface area contributed by atoms with Crippen molar-refractivity contribution in [2.45, 2.75) is 12.4 Å². The summed E-state index contributed by atoms with van der Waals surface area (Å²) in [7, 11) is 0. The van der Waals surface area contributed by atoms with Gasteiger partial charge in [0, 0.05) is 23.3 Å². The second kappa shape index (κ2) is 3.49. The fourth-order valence-electron chi connectivity index (χ4n) is 3.22. The highest BCUT2D eigenvalue weighted by atomic mass is 16.7. The largest absolute Gasteiger partial charge is 0.343 e. The zero-order valence-corrected chi connectivity index (χ0v) is 9.61. The number of fused-ring (bicyclic) bond motifs is 4. The van der Waals surface area contributed by atoms with Crippen molar-refractivity contribution in [3.63, 3.8) is 0 Å². The van der Waals surface area contributed by atoms with Gasteiger partial charge >= 0.3 is 0 Å². The minimum atomic E-state index is -0.718. The number of Topliss-reactive ketones (excluding diaryl/α,β-unsaturated/α-hetero) is 2. The van der Waals surface area contributed by atoms with Crippen molar-refractivity contribution < 1.29 is 19.1 Å². The molecule has 0 spiro atoms. The molecule has 0 amide bonds. The molecule has 3 aliphatic rings. The summed E-state index contributed by atoms with van der Waals surface area (Å²) in [6, 6.07) is 9.15. The molecule has 4 nitrogen and oxygen atoms in total. The lowest BCUT2D eigenvalue weighted by molar-refractivity contribution is -0.153. The maximum Gasteiger partial charge on any atom is 0.218 e. The van der Waals surface area contributed by atoms with Crippen LogP contribution in [0.15, 0.2) is 30.3 Å². The average molecular weight is 244 g/mol. The van der Waals surface area contributed by atoms with E-state index >= 15 is 0 Å². The van der Waals surface area contributed by atoms with Gasteiger partial charge in [-0.1, -0.05) is 30.3 Å². The molecule has 2 aliphatic heterocycles. The van der Waals surface area contributed by atoms with Crippen LogP contribution in [0.4, 0.5) is 0 Å². The summed E-state index contributed by atoms with van der Waals surface area (Å²) in [5.41, 5.74) is 0.682. The zero-order chi connectivity index (χ0) is 12.3. The Hall–Kier alpha value is -1.52. The van der Waals surface area contributed by atoms with Crippen molar-refractivity contribution in [1.29, 1.82) is 0 Å². The number of ketones is 2. The van der Waals surface area contributed by atoms with E-state index in [2.05, 4.69) is 0 Å². The van der Waals surface area contributed by atoms with Crippen LogP contribution in [-0.4, -0.2) is 30.6 Å². The summed E-state index contributed by atoms with van der Waals surface area (Å²) in [6.45, 7) is 0.441. The third kappa shape index (κ3) is 1.27. The summed E-state index contributed by atoms with van der Waals surface area (Å²) in [5.74, 6) is -0.329. The van der Waals surface area contributed by atoms with E-state index in [1.54, 1.807) is 12.1 Å². The Bertz CT molecular complexity index is 524. The third-order valence-electron chi connectivity index (χ3n) is 4.14. The highest BCUT2D eigenvalue weighted by Crippen LogP contribution is 2.57. The van der Waals surface area contributed by atoms with Crippen LogP contribution in [0.5, 0.6) is 0 Å². The molecule has 2 bridgehead atoms. The zero-order valence-electron chi connectivity index (χ0n) is 9.61. The van der Waals surface area contributed by atoms with E-state index in [-0.39, 0.29) is 35.4 Å². The second-order valence-corrected chi connectivity index (χ2v) is 5.10. The maximum atomic E-state index is 12.3. The number of carbonyl (C=O) groups is 2. The Labute approximate surface area is 104 Å². The molecule has 5 atom stereocenters. The molecule has 18 heavy (non-hydrogen) atoms. The fraction of sp³-hybridized carbons (Fsp3) is 0.429. The van der Waals surface area contributed by atoms with Gasteiger partial charge in [0.25, 0.3) is 0 Å². The number of ether oxygens (including phenoxy) is 2. The van der Waals surface area contributed by atoms with Crippen LogP contribution in [0, 0.1) is 17.8 Å². The van der Waals surface area contributed by atoms with Crippen LogP contribution in [0.3, 0.4) is 0 Å². The lowest BCUT2D eigenvalue weighted by Crippen LogP contribution is -2.30. The molecule has 2 saturated heterocycles. The Morgan fingerprint density at radius 3 is 2.78 bits per heavy atom. The molecule has 0 aromatic heterocycles. The van der Waals surface area contributed by atoms with Crippen molar-refractivity contribution in [3.8, 4) is 0 Å². The van der Waals surface area contributed by atoms with E-state index in [9.17, 15) is 9.59 Å². The van der Waals surface area contributed by atoms with Gasteiger partial charge in [0.1, 0.15) is 0 Å². The second-order valence-electron chi connectivity index (χ2n) is 5.10. The van der Waals surface area contributed by atoms with Crippen LogP contribution in [0.2, 0.25) is 0 Å². The van der Waals surface area contributed by atoms with E-state index in [4.69, 9.17) is 9.47 Å². The van der Waals surface area contributed by atoms with Crippen molar-refractivity contribution in [1.82, 2.24) is 0 Å². The van der Waals surface area contributed by atoms with Gasteiger partial charge in [0.05, 0.1) is 12.7 Å². The van der Waals surface area contributed by atoms with Gasteiger partial charge in [-0.3, -0.25) is 9.59 Å². The summed E-state index contributed by atoms with van der Waals surface area (Å²) in [6.07, 6.45) is -0.791. The Morgan fingerprint density at radius 2 is 2.00 bits per heavy atom. The Kier molecular flexibility index (Phi) is 2.02. The average Bonchev–Trinajstić information content (AvgIpc) is 3.02. The van der Waals surface area contributed by atoms with Crippen molar-refractivity contribution in [2.24, 2.45) is 17.8 Å². The number of carbonyl (C=O) groups excluding carboxylic acids is 2. The van der Waals surface area contributed by atoms with Crippen LogP contribution < -0.4 is 0 Å². The molecule has 2 heterocycles. The van der Waals surface area contributed by atoms with Gasteiger partial charge in [-0.25, -0.2) is 0 Å². The topological polar surface area (TPSA) is 52.6 Å². The molecule has 3 fully saturated rings. The van der Waals surface area contributed by atoms with Gasteiger partial charge in [0.15, 0.2) is 11.6 Å². The third-order valence-corrected chi connectivity index (χ3v) is 4.14. The summed E-state index contributed by atoms with van der Waals surface area (Å²) >= 11 is 0. The van der Waals surface area contributed by atoms with Crippen LogP contribution in [-0.2, 0) is 14.3 Å². The van der Waals surface area contributed by atoms with E-state index in [0.717, 1.165) is 0 Å². The minimum Gasteiger partial charge on any atom is -0.343 e. The van der Waals surface area contributed by atoms with Crippen molar-refractivity contribution >= 4 is 11.6 Å². The number of benzene rings is 1. The van der Waals surface area contributed by atoms with Gasteiger partial charge < -0.3 is 9.47 Å². The van der Waals surface area contributed by atoms with Gasteiger partial charge in [-0.05, 0) is 0 Å². The Balaban J connectivity index is 1.62. The molecule has 1 unspecified atom stereocenters. The van der Waals surface area contributed by atoms with Crippen molar-refractivity contribution in [2.75, 3.05) is 6.61 Å². The van der Waals surface area contributed by atoms with Gasteiger partial charge in [-0.2, -0.15) is 0 Å². The molecule has 4 rings (SSSR count). The van der Waals surface area contributed by atoms with E-state index in [1.165, 1.54) is 0 Å². The summed E-state index contributed by atoms with van der Waals surface area (Å²) in [5, 5.41) is 0. The quantitative estimate of drug-likeness (QED) is 0.730. The molecule has 92 valence electrons. The first-order valence-corrected chi connectivity index (χ1v) is 6.17. The van der Waals surface area contributed by atoms with Crippen LogP contribution in [0.1, 0.15) is 10.4 Å². The van der Waals surface area contributed by atoms with Crippen LogP contribution >= 0.6 is 0 Å². The predicted octanol–water partition coefficient (Wildman–Crippen LogP) is 1.06. The molecule has 0 N–H and O–H groups in total. The summed E-state index contributed by atoms with van der Waals surface area (Å²) < 4.78 is 10.7. The summed E-state index contributed by atoms with van der Waals surface area (Å²) in [4.78, 5) is 24.3. The molecule has 1 aromatic rings. The highest BCUT2D eigenvalue weighted by molar-refractivity contribution is 6.05. The molecular formula is C14H12O4. The number of hydrogen-bond acceptors (Lipinski definition) is 4. The van der Waals surface area contributed by atoms with E-state index in [0.29, 0.717) is 12.2 Å². The van der Waals surface area contributed by atoms with E-state index in [1.807, 2.05) is 18.2 Å². The normalized spacial score (nSPS) is 40.4. The van der Waals surface area contributed by atoms with Gasteiger partial charge in [-0.15, -0.1) is 0 Å². The minimum absolute atomic E-state index is 0.0314. The smallest absolute Gasteiger partial charge is 0.218 e. The molecule has 0 radical (unpaired) electrons. The first kappa shape index (κ1) is 10.4. The number of rotatable bonds is 2. The van der Waals surface area contributed by atoms with Crippen molar-refractivity contribution in [3.05, 3.63) is 35.9 Å². The molecular weight excluding hydrogens is 232 g/mol. The van der Waals surface area contributed by atoms with Crippen LogP contribution in [0.25, 0.3) is 0 Å². The highest BCUT2D eigenvalue weighted by Gasteiger charge is 2.68. The lowest BCUT2D eigenvalue weighted by Gasteiger charge is -2.14. The predicted molar refractivity (Wildman–Crippen MR) is 60.9 cm³/mol. The van der Waals surface area contributed by atoms with E-state index < -0.39 is 6.29 Å². The molecule has 1 aromatic carbocycles. The van der Waals surface area contributed by atoms with Gasteiger partial charge in [0.2, 0.25) is 6.29 Å². The lowest BCUT2D eigenvalue weighted by atomic mass is 10.0. The Morgan fingerprint density at radius 1 is 1.22 bits per heavy atom. The maximum absolute atomic E-state index is 12.3.